The van der Waals surface area contributed by atoms with E-state index in [9.17, 15) is 14.4 Å². The van der Waals surface area contributed by atoms with Crippen LogP contribution in [0.4, 0.5) is 5.69 Å². The zero-order valence-corrected chi connectivity index (χ0v) is 19.7. The molecule has 7 rings (SSSR count). The number of hydrogen-bond acceptors (Lipinski definition) is 5. The van der Waals surface area contributed by atoms with Crippen molar-refractivity contribution in [1.29, 1.82) is 0 Å². The summed E-state index contributed by atoms with van der Waals surface area (Å²) < 4.78 is 10.7. The fraction of sp³-hybridized carbons (Fsp3) is 0.393. The second kappa shape index (κ2) is 8.26. The van der Waals surface area contributed by atoms with E-state index in [0.717, 1.165) is 12.0 Å². The van der Waals surface area contributed by atoms with Gasteiger partial charge in [-0.2, -0.15) is 0 Å². The van der Waals surface area contributed by atoms with Gasteiger partial charge in [-0.15, -0.1) is 0 Å². The normalized spacial score (nSPS) is 30.5. The van der Waals surface area contributed by atoms with Crippen LogP contribution in [-0.2, 0) is 20.8 Å². The highest BCUT2D eigenvalue weighted by atomic mass is 16.5. The lowest BCUT2D eigenvalue weighted by molar-refractivity contribution is -0.146. The maximum Gasteiger partial charge on any atom is 0.248 e. The highest BCUT2D eigenvalue weighted by Gasteiger charge is 2.67. The molecule has 5 aliphatic rings. The van der Waals surface area contributed by atoms with Gasteiger partial charge in [0, 0.05) is 12.5 Å². The Kier molecular flexibility index (Phi) is 5.16. The number of ether oxygens (including phenoxy) is 2. The Balaban J connectivity index is 1.33. The maximum absolute atomic E-state index is 13.7. The molecule has 7 nitrogen and oxygen atoms in total. The summed E-state index contributed by atoms with van der Waals surface area (Å²) in [7, 11) is 3.07. The first-order chi connectivity index (χ1) is 17.0. The molecule has 1 saturated heterocycles. The fourth-order valence-corrected chi connectivity index (χ4v) is 6.54. The van der Waals surface area contributed by atoms with Crippen molar-refractivity contribution >= 4 is 23.4 Å². The largest absolute Gasteiger partial charge is 0.497 e. The summed E-state index contributed by atoms with van der Waals surface area (Å²) in [6.07, 6.45) is 5.63. The Morgan fingerprint density at radius 3 is 2.23 bits per heavy atom. The molecule has 7 heteroatoms. The van der Waals surface area contributed by atoms with Crippen molar-refractivity contribution < 1.29 is 23.9 Å². The molecule has 3 fully saturated rings. The van der Waals surface area contributed by atoms with Gasteiger partial charge in [-0.25, -0.2) is 0 Å². The number of carbonyl (C=O) groups excluding carboxylic acids is 3. The molecular formula is C28H28N2O5. The zero-order valence-electron chi connectivity index (χ0n) is 19.7. The second-order valence-corrected chi connectivity index (χ2v) is 9.96. The van der Waals surface area contributed by atoms with Crippen LogP contribution in [-0.4, -0.2) is 42.9 Å². The fourth-order valence-electron chi connectivity index (χ4n) is 6.54. The summed E-state index contributed by atoms with van der Waals surface area (Å²) in [6, 6.07) is 13.6. The Bertz CT molecular complexity index is 1190. The predicted octanol–water partition coefficient (Wildman–Crippen LogP) is 3.31. The molecule has 1 N–H and O–H groups in total. The van der Waals surface area contributed by atoms with E-state index in [1.54, 1.807) is 25.3 Å². The van der Waals surface area contributed by atoms with Crippen LogP contribution < -0.4 is 14.8 Å². The molecule has 3 amide bonds. The summed E-state index contributed by atoms with van der Waals surface area (Å²) in [5.41, 5.74) is 1.34. The third-order valence-electron chi connectivity index (χ3n) is 8.25. The van der Waals surface area contributed by atoms with Crippen molar-refractivity contribution in [2.45, 2.75) is 18.9 Å². The summed E-state index contributed by atoms with van der Waals surface area (Å²) in [5.74, 6) is 0.749. The number of allylic oxidation sites excluding steroid dienone is 2. The van der Waals surface area contributed by atoms with E-state index in [2.05, 4.69) is 17.5 Å². The number of imide groups is 1. The average molecular weight is 473 g/mol. The van der Waals surface area contributed by atoms with E-state index in [0.29, 0.717) is 29.0 Å². The Morgan fingerprint density at radius 2 is 1.63 bits per heavy atom. The van der Waals surface area contributed by atoms with E-state index in [4.69, 9.17) is 9.47 Å². The third kappa shape index (κ3) is 3.44. The first kappa shape index (κ1) is 21.9. The second-order valence-electron chi connectivity index (χ2n) is 9.96. The molecule has 1 heterocycles. The summed E-state index contributed by atoms with van der Waals surface area (Å²) in [6.45, 7) is 0. The van der Waals surface area contributed by atoms with Crippen molar-refractivity contribution in [2.75, 3.05) is 19.5 Å². The van der Waals surface area contributed by atoms with Crippen LogP contribution >= 0.6 is 0 Å². The molecule has 0 unspecified atom stereocenters. The molecule has 1 aliphatic heterocycles. The van der Waals surface area contributed by atoms with Crippen LogP contribution in [0.5, 0.6) is 11.5 Å². The first-order valence-corrected chi connectivity index (χ1v) is 12.1. The van der Waals surface area contributed by atoms with E-state index in [1.165, 1.54) is 12.0 Å². The molecule has 2 saturated carbocycles. The number of methoxy groups -OCH3 is 2. The van der Waals surface area contributed by atoms with Crippen molar-refractivity contribution in [1.82, 2.24) is 4.90 Å². The van der Waals surface area contributed by atoms with Gasteiger partial charge in [0.2, 0.25) is 17.7 Å². The van der Waals surface area contributed by atoms with Crippen LogP contribution in [0.2, 0.25) is 0 Å². The van der Waals surface area contributed by atoms with E-state index < -0.39 is 11.9 Å². The molecule has 0 spiro atoms. The summed E-state index contributed by atoms with van der Waals surface area (Å²) in [5, 5.41) is 2.91. The highest BCUT2D eigenvalue weighted by Crippen LogP contribution is 2.65. The first-order valence-electron chi connectivity index (χ1n) is 12.1. The standard InChI is InChI=1S/C28H28N2O5/c1-34-16-8-11-21(23(13-16)35-2)29-26(31)22(12-15-6-4-3-5-7-15)30-27(32)24-17-9-10-18(20-14-19(17)20)25(24)28(30)33/h3-11,13,17-20,22,24-25H,12,14H2,1-2H3,(H,29,31)/t17-,18-,19-,20-,22-,24-,25+/m0/s1. The molecule has 2 bridgehead atoms. The van der Waals surface area contributed by atoms with Crippen LogP contribution in [0.1, 0.15) is 12.0 Å². The van der Waals surface area contributed by atoms with Crippen LogP contribution in [0.3, 0.4) is 0 Å². The SMILES string of the molecule is COc1ccc(NC(=O)[C@H](Cc2ccccc2)N2C(=O)[C@@H]3[C@H]4C=C[C@@H]([C@@H]5C[C@@H]45)[C@@H]3C2=O)c(OC)c1. The predicted molar refractivity (Wildman–Crippen MR) is 129 cm³/mol. The lowest BCUT2D eigenvalue weighted by atomic mass is 9.63. The number of benzene rings is 2. The lowest BCUT2D eigenvalue weighted by Gasteiger charge is -2.37. The maximum atomic E-state index is 13.7. The average Bonchev–Trinajstić information content (AvgIpc) is 3.67. The van der Waals surface area contributed by atoms with Gasteiger partial charge in [-0.1, -0.05) is 42.5 Å². The minimum absolute atomic E-state index is 0.110. The van der Waals surface area contributed by atoms with E-state index >= 15 is 0 Å². The highest BCUT2D eigenvalue weighted by molar-refractivity contribution is 6.11. The Labute approximate surface area is 204 Å². The molecular weight excluding hydrogens is 444 g/mol. The van der Waals surface area contributed by atoms with Gasteiger partial charge in [0.1, 0.15) is 17.5 Å². The van der Waals surface area contributed by atoms with E-state index in [-0.39, 0.29) is 41.9 Å². The summed E-state index contributed by atoms with van der Waals surface area (Å²) >= 11 is 0. The number of amides is 3. The Hall–Kier alpha value is -3.61. The topological polar surface area (TPSA) is 84.9 Å². The molecule has 0 aromatic heterocycles. The molecule has 7 atom stereocenters. The minimum atomic E-state index is -0.953. The molecule has 35 heavy (non-hydrogen) atoms. The van der Waals surface area contributed by atoms with Crippen molar-refractivity contribution in [3.8, 4) is 11.5 Å². The number of carbonyl (C=O) groups is 3. The van der Waals surface area contributed by atoms with Crippen molar-refractivity contribution in [3.63, 3.8) is 0 Å². The van der Waals surface area contributed by atoms with Gasteiger partial charge in [-0.3, -0.25) is 19.3 Å². The quantitative estimate of drug-likeness (QED) is 0.494. The lowest BCUT2D eigenvalue weighted by Crippen LogP contribution is -2.49. The van der Waals surface area contributed by atoms with Crippen molar-refractivity contribution in [2.24, 2.45) is 35.5 Å². The Morgan fingerprint density at radius 1 is 0.971 bits per heavy atom. The molecule has 2 aromatic carbocycles. The number of hydrogen-bond donors (Lipinski definition) is 1. The minimum Gasteiger partial charge on any atom is -0.497 e. The zero-order chi connectivity index (χ0) is 24.3. The monoisotopic (exact) mass is 472 g/mol. The number of nitrogens with one attached hydrogen (secondary N) is 1. The number of nitrogens with zero attached hydrogens (tertiary/aromatic N) is 1. The van der Waals surface area contributed by atoms with Gasteiger partial charge < -0.3 is 14.8 Å². The molecule has 0 radical (unpaired) electrons. The number of likely N-dealkylation sites (tertiary alicyclic amines) is 1. The smallest absolute Gasteiger partial charge is 0.248 e. The van der Waals surface area contributed by atoms with Gasteiger partial charge in [0.15, 0.2) is 0 Å². The van der Waals surface area contributed by atoms with Crippen LogP contribution in [0, 0.1) is 35.5 Å². The van der Waals surface area contributed by atoms with Crippen LogP contribution in [0.25, 0.3) is 0 Å². The van der Waals surface area contributed by atoms with Gasteiger partial charge in [-0.05, 0) is 47.8 Å². The molecule has 180 valence electrons. The molecule has 4 aliphatic carbocycles. The van der Waals surface area contributed by atoms with Gasteiger partial charge in [0.05, 0.1) is 31.7 Å². The molecule has 2 aromatic rings. The van der Waals surface area contributed by atoms with Gasteiger partial charge >= 0.3 is 0 Å². The van der Waals surface area contributed by atoms with E-state index in [1.807, 2.05) is 30.3 Å². The summed E-state index contributed by atoms with van der Waals surface area (Å²) in [4.78, 5) is 42.5. The van der Waals surface area contributed by atoms with Crippen molar-refractivity contribution in [3.05, 3.63) is 66.2 Å². The third-order valence-corrected chi connectivity index (χ3v) is 8.25. The van der Waals surface area contributed by atoms with Crippen LogP contribution in [0.15, 0.2) is 60.7 Å². The number of rotatable bonds is 7. The van der Waals surface area contributed by atoms with Gasteiger partial charge in [0.25, 0.3) is 0 Å². The number of anilines is 1.